The lowest BCUT2D eigenvalue weighted by Gasteiger charge is -2.08. The van der Waals surface area contributed by atoms with E-state index in [0.29, 0.717) is 6.42 Å². The van der Waals surface area contributed by atoms with Crippen LogP contribution in [0.2, 0.25) is 0 Å². The Morgan fingerprint density at radius 1 is 0.862 bits per heavy atom. The number of halogens is 1. The number of hydrogen-bond donors (Lipinski definition) is 1. The van der Waals surface area contributed by atoms with Crippen molar-refractivity contribution in [1.29, 1.82) is 0 Å². The molecule has 1 aromatic heterocycles. The molecule has 1 heterocycles. The zero-order valence-electron chi connectivity index (χ0n) is 15.8. The van der Waals surface area contributed by atoms with Gasteiger partial charge in [0, 0.05) is 23.8 Å². The normalized spacial score (nSPS) is 11.5. The average Bonchev–Trinajstić information content (AvgIpc) is 3.12. The van der Waals surface area contributed by atoms with Crippen molar-refractivity contribution < 1.29 is 12.8 Å². The number of nitrogens with one attached hydrogen (secondary N) is 1. The molecular weight excluding hydrogens is 387 g/mol. The molecule has 0 aliphatic carbocycles. The van der Waals surface area contributed by atoms with Crippen molar-refractivity contribution in [2.45, 2.75) is 11.3 Å². The minimum Gasteiger partial charge on any atom is -0.277 e. The summed E-state index contributed by atoms with van der Waals surface area (Å²) in [6, 6.07) is 22.9. The molecule has 4 nitrogen and oxygen atoms in total. The molecule has 3 aromatic carbocycles. The monoisotopic (exact) mass is 406 g/mol. The van der Waals surface area contributed by atoms with Crippen LogP contribution in [-0.2, 0) is 16.3 Å². The van der Waals surface area contributed by atoms with E-state index in [9.17, 15) is 12.8 Å². The van der Waals surface area contributed by atoms with Crippen molar-refractivity contribution in [2.75, 3.05) is 6.26 Å². The van der Waals surface area contributed by atoms with Gasteiger partial charge in [-0.05, 0) is 35.4 Å². The molecule has 0 spiro atoms. The Bertz CT molecular complexity index is 1230. The maximum absolute atomic E-state index is 13.5. The van der Waals surface area contributed by atoms with Gasteiger partial charge in [0.05, 0.1) is 16.3 Å². The largest absolute Gasteiger partial charge is 0.277 e. The molecular formula is C23H19FN2O2S. The number of hydrogen-bond acceptors (Lipinski definition) is 3. The van der Waals surface area contributed by atoms with Crippen molar-refractivity contribution in [3.8, 4) is 22.4 Å². The molecule has 4 rings (SSSR count). The molecule has 0 saturated carbocycles. The number of rotatable bonds is 5. The Balaban J connectivity index is 1.82. The number of H-pyrrole nitrogens is 1. The van der Waals surface area contributed by atoms with Gasteiger partial charge in [-0.1, -0.05) is 54.6 Å². The van der Waals surface area contributed by atoms with Crippen LogP contribution >= 0.6 is 0 Å². The summed E-state index contributed by atoms with van der Waals surface area (Å²) in [4.78, 5) is 0.258. The van der Waals surface area contributed by atoms with Gasteiger partial charge in [0.25, 0.3) is 0 Å². The predicted molar refractivity (Wildman–Crippen MR) is 112 cm³/mol. The molecule has 0 aliphatic rings. The molecule has 0 radical (unpaired) electrons. The van der Waals surface area contributed by atoms with Crippen LogP contribution in [0.25, 0.3) is 22.4 Å². The van der Waals surface area contributed by atoms with E-state index >= 15 is 0 Å². The number of benzene rings is 3. The van der Waals surface area contributed by atoms with Crippen LogP contribution in [0, 0.1) is 5.82 Å². The highest BCUT2D eigenvalue weighted by Crippen LogP contribution is 2.34. The smallest absolute Gasteiger partial charge is 0.175 e. The Morgan fingerprint density at radius 3 is 2.10 bits per heavy atom. The Hall–Kier alpha value is -3.25. The highest BCUT2D eigenvalue weighted by molar-refractivity contribution is 7.90. The molecule has 0 fully saturated rings. The van der Waals surface area contributed by atoms with Crippen molar-refractivity contribution >= 4 is 9.84 Å². The van der Waals surface area contributed by atoms with Crippen LogP contribution in [0.4, 0.5) is 4.39 Å². The SMILES string of the molecule is CS(=O)(=O)c1ccc(-c2[nH]nc(Cc3ccccc3)c2-c2ccc(F)cc2)cc1. The third-order valence-corrected chi connectivity index (χ3v) is 5.89. The summed E-state index contributed by atoms with van der Waals surface area (Å²) < 4.78 is 37.0. The van der Waals surface area contributed by atoms with Gasteiger partial charge in [0.15, 0.2) is 9.84 Å². The zero-order valence-corrected chi connectivity index (χ0v) is 16.6. The molecule has 29 heavy (non-hydrogen) atoms. The highest BCUT2D eigenvalue weighted by Gasteiger charge is 2.18. The van der Waals surface area contributed by atoms with E-state index < -0.39 is 9.84 Å². The molecule has 0 bridgehead atoms. The highest BCUT2D eigenvalue weighted by atomic mass is 32.2. The van der Waals surface area contributed by atoms with Gasteiger partial charge < -0.3 is 0 Å². The van der Waals surface area contributed by atoms with E-state index in [0.717, 1.165) is 33.6 Å². The summed E-state index contributed by atoms with van der Waals surface area (Å²) in [5.74, 6) is -0.305. The fourth-order valence-electron chi connectivity index (χ4n) is 3.30. The molecule has 0 unspecified atom stereocenters. The van der Waals surface area contributed by atoms with Crippen LogP contribution < -0.4 is 0 Å². The van der Waals surface area contributed by atoms with Crippen LogP contribution in [0.5, 0.6) is 0 Å². The first-order chi connectivity index (χ1) is 13.9. The summed E-state index contributed by atoms with van der Waals surface area (Å²) in [6.07, 6.45) is 1.80. The van der Waals surface area contributed by atoms with Crippen molar-refractivity contribution in [1.82, 2.24) is 10.2 Å². The molecule has 1 N–H and O–H groups in total. The van der Waals surface area contributed by atoms with Gasteiger partial charge in [-0.2, -0.15) is 5.10 Å². The Kier molecular flexibility index (Phi) is 5.03. The van der Waals surface area contributed by atoms with Crippen LogP contribution in [0.15, 0.2) is 83.8 Å². The lowest BCUT2D eigenvalue weighted by molar-refractivity contribution is 0.602. The van der Waals surface area contributed by atoms with Crippen molar-refractivity contribution in [3.63, 3.8) is 0 Å². The number of aromatic amines is 1. The maximum Gasteiger partial charge on any atom is 0.175 e. The summed E-state index contributed by atoms with van der Waals surface area (Å²) in [6.45, 7) is 0. The van der Waals surface area contributed by atoms with Gasteiger partial charge in [0.1, 0.15) is 5.82 Å². The van der Waals surface area contributed by atoms with E-state index in [1.807, 2.05) is 30.3 Å². The third kappa shape index (κ3) is 4.12. The van der Waals surface area contributed by atoms with Gasteiger partial charge in [-0.3, -0.25) is 5.10 Å². The molecule has 0 aliphatic heterocycles. The van der Waals surface area contributed by atoms with Crippen molar-refractivity contribution in [3.05, 3.63) is 95.9 Å². The molecule has 0 saturated heterocycles. The van der Waals surface area contributed by atoms with Crippen molar-refractivity contribution in [2.24, 2.45) is 0 Å². The second-order valence-corrected chi connectivity index (χ2v) is 8.90. The lowest BCUT2D eigenvalue weighted by Crippen LogP contribution is -1.96. The Labute approximate surface area is 169 Å². The summed E-state index contributed by atoms with van der Waals surface area (Å²) >= 11 is 0. The van der Waals surface area contributed by atoms with E-state index in [1.165, 1.54) is 18.4 Å². The quantitative estimate of drug-likeness (QED) is 0.514. The Morgan fingerprint density at radius 2 is 1.48 bits per heavy atom. The zero-order chi connectivity index (χ0) is 20.4. The lowest BCUT2D eigenvalue weighted by atomic mass is 9.96. The van der Waals surface area contributed by atoms with Gasteiger partial charge in [-0.25, -0.2) is 12.8 Å². The fraction of sp³-hybridized carbons (Fsp3) is 0.0870. The van der Waals surface area contributed by atoms with E-state index in [-0.39, 0.29) is 10.7 Å². The standard InChI is InChI=1S/C23H19FN2O2S/c1-29(27,28)20-13-9-18(10-14-20)23-22(17-7-11-19(24)12-8-17)21(25-26-23)15-16-5-3-2-4-6-16/h2-14H,15H2,1H3,(H,25,26). The first kappa shape index (κ1) is 19.1. The number of nitrogens with zero attached hydrogens (tertiary/aromatic N) is 1. The second kappa shape index (κ2) is 7.64. The van der Waals surface area contributed by atoms with Crippen LogP contribution in [0.1, 0.15) is 11.3 Å². The summed E-state index contributed by atoms with van der Waals surface area (Å²) in [7, 11) is -3.27. The second-order valence-electron chi connectivity index (χ2n) is 6.89. The molecule has 146 valence electrons. The van der Waals surface area contributed by atoms with Crippen LogP contribution in [0.3, 0.4) is 0 Å². The first-order valence-electron chi connectivity index (χ1n) is 9.09. The molecule has 0 atom stereocenters. The first-order valence-corrected chi connectivity index (χ1v) is 11.0. The number of aromatic nitrogens is 2. The van der Waals surface area contributed by atoms with Gasteiger partial charge >= 0.3 is 0 Å². The summed E-state index contributed by atoms with van der Waals surface area (Å²) in [5, 5.41) is 7.61. The van der Waals surface area contributed by atoms with Gasteiger partial charge in [0.2, 0.25) is 0 Å². The maximum atomic E-state index is 13.5. The third-order valence-electron chi connectivity index (χ3n) is 4.76. The minimum absolute atomic E-state index is 0.258. The topological polar surface area (TPSA) is 62.8 Å². The molecule has 0 amide bonds. The molecule has 6 heteroatoms. The minimum atomic E-state index is -3.27. The fourth-order valence-corrected chi connectivity index (χ4v) is 3.93. The molecule has 4 aromatic rings. The average molecular weight is 406 g/mol. The van der Waals surface area contributed by atoms with E-state index in [4.69, 9.17) is 0 Å². The van der Waals surface area contributed by atoms with E-state index in [2.05, 4.69) is 10.2 Å². The van der Waals surface area contributed by atoms with E-state index in [1.54, 1.807) is 36.4 Å². The predicted octanol–water partition coefficient (Wildman–Crippen LogP) is 4.88. The van der Waals surface area contributed by atoms with Gasteiger partial charge in [-0.15, -0.1) is 0 Å². The van der Waals surface area contributed by atoms with Crippen LogP contribution in [-0.4, -0.2) is 24.9 Å². The summed E-state index contributed by atoms with van der Waals surface area (Å²) in [5.41, 5.74) is 5.24. The number of sulfone groups is 1.